The first kappa shape index (κ1) is 28.6. The lowest BCUT2D eigenvalue weighted by Gasteiger charge is -2.40. The molecule has 4 aromatic heterocycles. The van der Waals surface area contributed by atoms with E-state index in [9.17, 15) is 14.5 Å². The number of hydrogen-bond donors (Lipinski definition) is 3. The molecule has 1 fully saturated rings. The molecule has 0 aliphatic carbocycles. The third kappa shape index (κ3) is 5.50. The summed E-state index contributed by atoms with van der Waals surface area (Å²) in [5.74, 6) is 1.36. The molecule has 3 N–H and O–H groups in total. The van der Waals surface area contributed by atoms with Gasteiger partial charge < -0.3 is 30.2 Å². The van der Waals surface area contributed by atoms with Crippen molar-refractivity contribution >= 4 is 40.2 Å². The Bertz CT molecular complexity index is 1750. The molecule has 44 heavy (non-hydrogen) atoms. The van der Waals surface area contributed by atoms with E-state index < -0.39 is 5.60 Å². The fraction of sp³-hybridized carbons (Fsp3) is 0.310. The minimum Gasteiger partial charge on any atom is -0.368 e. The Morgan fingerprint density at radius 1 is 1.18 bits per heavy atom. The number of piperidine rings is 1. The Hall–Kier alpha value is -5.49. The SMILES string of the molecule is COC1(C(=O)N[C@@H](C)c2ccc(N3C=CN(F)C=C3)nc2)CCN(c2nc(Nc3cnn(C)c3)nc3[nH]cc(C#N)c23)CC1. The third-order valence-corrected chi connectivity index (χ3v) is 7.89. The van der Waals surface area contributed by atoms with Crippen LogP contribution in [0.3, 0.4) is 0 Å². The number of carbonyl (C=O) groups is 1. The lowest BCUT2D eigenvalue weighted by atomic mass is 9.89. The number of ether oxygens (including phenoxy) is 1. The van der Waals surface area contributed by atoms with Crippen molar-refractivity contribution in [2.45, 2.75) is 31.4 Å². The van der Waals surface area contributed by atoms with Crippen molar-refractivity contribution < 1.29 is 14.0 Å². The number of nitriles is 1. The summed E-state index contributed by atoms with van der Waals surface area (Å²) < 4.78 is 20.7. The molecule has 2 aliphatic heterocycles. The fourth-order valence-electron chi connectivity index (χ4n) is 5.35. The number of hydrogen-bond acceptors (Lipinski definition) is 11. The van der Waals surface area contributed by atoms with E-state index >= 15 is 0 Å². The van der Waals surface area contributed by atoms with Crippen LogP contribution < -0.4 is 20.4 Å². The summed E-state index contributed by atoms with van der Waals surface area (Å²) in [5, 5.41) is 21.3. The van der Waals surface area contributed by atoms with Gasteiger partial charge in [-0.1, -0.05) is 10.5 Å². The Kier molecular flexibility index (Phi) is 7.58. The zero-order valence-corrected chi connectivity index (χ0v) is 24.4. The number of aromatic nitrogens is 6. The Balaban J connectivity index is 1.16. The molecule has 0 bridgehead atoms. The number of amides is 1. The summed E-state index contributed by atoms with van der Waals surface area (Å²) in [6.07, 6.45) is 13.3. The van der Waals surface area contributed by atoms with E-state index in [4.69, 9.17) is 9.72 Å². The van der Waals surface area contributed by atoms with E-state index in [-0.39, 0.29) is 11.9 Å². The molecule has 0 saturated carbocycles. The van der Waals surface area contributed by atoms with E-state index in [1.54, 1.807) is 47.7 Å². The van der Waals surface area contributed by atoms with Crippen molar-refractivity contribution in [3.05, 3.63) is 72.8 Å². The minimum absolute atomic E-state index is 0.215. The third-order valence-electron chi connectivity index (χ3n) is 7.89. The van der Waals surface area contributed by atoms with Gasteiger partial charge in [0.05, 0.1) is 41.3 Å². The number of rotatable bonds is 8. The minimum atomic E-state index is -1.04. The van der Waals surface area contributed by atoms with E-state index in [0.717, 1.165) is 11.3 Å². The quantitative estimate of drug-likeness (QED) is 0.255. The molecule has 0 aromatic carbocycles. The molecule has 6 heterocycles. The fourth-order valence-corrected chi connectivity index (χ4v) is 5.35. The summed E-state index contributed by atoms with van der Waals surface area (Å²) in [4.78, 5) is 34.2. The summed E-state index contributed by atoms with van der Waals surface area (Å²) in [5.41, 5.74) is 1.47. The molecule has 6 rings (SSSR count). The summed E-state index contributed by atoms with van der Waals surface area (Å²) in [6, 6.07) is 5.57. The number of carbonyl (C=O) groups excluding carboxylic acids is 1. The van der Waals surface area contributed by atoms with Crippen LogP contribution in [-0.4, -0.2) is 66.5 Å². The number of aryl methyl sites for hydroxylation is 1. The van der Waals surface area contributed by atoms with Crippen molar-refractivity contribution in [2.75, 3.05) is 35.3 Å². The highest BCUT2D eigenvalue weighted by Gasteiger charge is 2.43. The number of nitrogens with zero attached hydrogens (tertiary/aromatic N) is 9. The highest BCUT2D eigenvalue weighted by atomic mass is 19.2. The molecule has 0 spiro atoms. The first-order chi connectivity index (χ1) is 21.3. The first-order valence-corrected chi connectivity index (χ1v) is 14.0. The second kappa shape index (κ2) is 11.7. The van der Waals surface area contributed by atoms with Gasteiger partial charge in [0.15, 0.2) is 0 Å². The highest BCUT2D eigenvalue weighted by molar-refractivity contribution is 5.94. The normalized spacial score (nSPS) is 16.7. The van der Waals surface area contributed by atoms with Gasteiger partial charge in [-0.05, 0) is 18.6 Å². The summed E-state index contributed by atoms with van der Waals surface area (Å²) >= 11 is 0. The topological polar surface area (TPSA) is 156 Å². The standard InChI is InChI=1S/C29H31FN12O2/c1-19(20-4-5-23(32-15-20)40-10-12-42(30)13-11-40)35-27(43)29(44-3)6-8-41(9-7-29)26-24-21(14-31)16-33-25(24)37-28(38-26)36-22-17-34-39(2)18-22/h4-5,10-13,15-19H,6-9H2,1-3H3,(H,35,43)(H2,33,36,37,38)/t19-/m0/s1. The first-order valence-electron chi connectivity index (χ1n) is 14.0. The molecule has 2 aliphatic rings. The average Bonchev–Trinajstić information content (AvgIpc) is 3.66. The zero-order chi connectivity index (χ0) is 30.8. The van der Waals surface area contributed by atoms with Gasteiger partial charge in [0.1, 0.15) is 29.0 Å². The molecule has 1 atom stereocenters. The lowest BCUT2D eigenvalue weighted by molar-refractivity contribution is -0.146. The van der Waals surface area contributed by atoms with E-state index in [0.29, 0.717) is 65.2 Å². The van der Waals surface area contributed by atoms with Crippen LogP contribution in [0.2, 0.25) is 0 Å². The number of anilines is 4. The van der Waals surface area contributed by atoms with Crippen molar-refractivity contribution in [3.8, 4) is 6.07 Å². The monoisotopic (exact) mass is 598 g/mol. The van der Waals surface area contributed by atoms with Crippen molar-refractivity contribution in [1.29, 1.82) is 5.26 Å². The predicted molar refractivity (Wildman–Crippen MR) is 161 cm³/mol. The van der Waals surface area contributed by atoms with Crippen LogP contribution in [-0.2, 0) is 16.6 Å². The maximum absolute atomic E-state index is 13.6. The van der Waals surface area contributed by atoms with Gasteiger partial charge in [-0.25, -0.2) is 4.98 Å². The van der Waals surface area contributed by atoms with Crippen LogP contribution in [0.15, 0.2) is 61.7 Å². The molecule has 1 amide bonds. The maximum Gasteiger partial charge on any atom is 0.252 e. The average molecular weight is 599 g/mol. The van der Waals surface area contributed by atoms with Crippen LogP contribution in [0.1, 0.15) is 36.9 Å². The molecular formula is C29H31FN12O2. The van der Waals surface area contributed by atoms with Crippen LogP contribution in [0, 0.1) is 11.3 Å². The second-order valence-electron chi connectivity index (χ2n) is 10.6. The number of halogens is 1. The van der Waals surface area contributed by atoms with Gasteiger partial charge in [0.2, 0.25) is 5.95 Å². The zero-order valence-electron chi connectivity index (χ0n) is 24.4. The van der Waals surface area contributed by atoms with Crippen LogP contribution in [0.25, 0.3) is 11.0 Å². The van der Waals surface area contributed by atoms with E-state index in [1.165, 1.54) is 12.4 Å². The molecule has 14 nitrogen and oxygen atoms in total. The van der Waals surface area contributed by atoms with Crippen molar-refractivity contribution in [2.24, 2.45) is 7.05 Å². The van der Waals surface area contributed by atoms with Gasteiger partial charge >= 0.3 is 0 Å². The molecule has 0 unspecified atom stereocenters. The Morgan fingerprint density at radius 3 is 2.59 bits per heavy atom. The smallest absolute Gasteiger partial charge is 0.252 e. The maximum atomic E-state index is 13.6. The number of aromatic amines is 1. The molecule has 1 saturated heterocycles. The van der Waals surface area contributed by atoms with Crippen LogP contribution >= 0.6 is 0 Å². The number of methoxy groups -OCH3 is 1. The summed E-state index contributed by atoms with van der Waals surface area (Å²) in [6.45, 7) is 2.82. The number of pyridine rings is 1. The number of H-pyrrole nitrogens is 1. The van der Waals surface area contributed by atoms with Gasteiger partial charge in [0.25, 0.3) is 5.91 Å². The number of nitrogens with one attached hydrogen (secondary N) is 3. The lowest BCUT2D eigenvalue weighted by Crippen LogP contribution is -2.55. The van der Waals surface area contributed by atoms with Gasteiger partial charge in [-0.3, -0.25) is 9.48 Å². The largest absolute Gasteiger partial charge is 0.368 e. The van der Waals surface area contributed by atoms with E-state index in [2.05, 4.69) is 41.7 Å². The Morgan fingerprint density at radius 2 is 1.95 bits per heavy atom. The van der Waals surface area contributed by atoms with E-state index in [1.807, 2.05) is 32.3 Å². The van der Waals surface area contributed by atoms with Gasteiger partial charge in [-0.2, -0.15) is 25.5 Å². The molecule has 15 heteroatoms. The molecule has 226 valence electrons. The van der Waals surface area contributed by atoms with Crippen molar-refractivity contribution in [1.82, 2.24) is 40.2 Å². The molecule has 4 aromatic rings. The van der Waals surface area contributed by atoms with Crippen LogP contribution in [0.5, 0.6) is 0 Å². The molecular weight excluding hydrogens is 567 g/mol. The number of fused-ring (bicyclic) bond motifs is 1. The van der Waals surface area contributed by atoms with Crippen LogP contribution in [0.4, 0.5) is 27.8 Å². The predicted octanol–water partition coefficient (Wildman–Crippen LogP) is 3.51. The second-order valence-corrected chi connectivity index (χ2v) is 10.6. The summed E-state index contributed by atoms with van der Waals surface area (Å²) in [7, 11) is 3.37. The van der Waals surface area contributed by atoms with Gasteiger partial charge in [0, 0.05) is 71.1 Å². The van der Waals surface area contributed by atoms with Gasteiger partial charge in [-0.15, -0.1) is 0 Å². The Labute approximate surface area is 252 Å². The highest BCUT2D eigenvalue weighted by Crippen LogP contribution is 2.34. The van der Waals surface area contributed by atoms with Crippen molar-refractivity contribution in [3.63, 3.8) is 0 Å². The molecule has 0 radical (unpaired) electrons.